The van der Waals surface area contributed by atoms with Crippen LogP contribution in [0, 0.1) is 35.0 Å². The Labute approximate surface area is 226 Å². The SMILES string of the molecule is CC1=CC2(C)[C@@H]3C(=O)N(c4cc(Cl)cc(Cl)c4)C(=O)[C@@H]3C1[C@H]1C(=O)N(c3cc(Cl)cc(Cl)c3)C(=O)[C@@H]12. The number of hydrogen-bond donors (Lipinski definition) is 0. The third-order valence-corrected chi connectivity index (χ3v) is 8.96. The molecule has 3 fully saturated rings. The highest BCUT2D eigenvalue weighted by Crippen LogP contribution is 2.66. The first kappa shape index (κ1) is 24.0. The lowest BCUT2D eigenvalue weighted by Gasteiger charge is -2.53. The fourth-order valence-corrected chi connectivity index (χ4v) is 8.04. The number of amides is 4. The number of benzene rings is 2. The number of rotatable bonds is 2. The summed E-state index contributed by atoms with van der Waals surface area (Å²) in [7, 11) is 0. The van der Waals surface area contributed by atoms with Crippen LogP contribution in [0.2, 0.25) is 20.1 Å². The molecule has 0 N–H and O–H groups in total. The van der Waals surface area contributed by atoms with E-state index in [4.69, 9.17) is 46.4 Å². The smallest absolute Gasteiger partial charge is 0.238 e. The number of halogens is 4. The summed E-state index contributed by atoms with van der Waals surface area (Å²) in [5.41, 5.74) is 0.312. The molecule has 0 spiro atoms. The zero-order valence-electron chi connectivity index (χ0n) is 19.0. The quantitative estimate of drug-likeness (QED) is 0.341. The Bertz CT molecular complexity index is 1320. The predicted octanol–water partition coefficient (Wildman–Crippen LogP) is 5.81. The number of allylic oxidation sites excluding steroid dienone is 2. The molecule has 184 valence electrons. The van der Waals surface area contributed by atoms with E-state index in [2.05, 4.69) is 0 Å². The molecule has 10 heteroatoms. The zero-order valence-corrected chi connectivity index (χ0v) is 22.0. The van der Waals surface area contributed by atoms with Gasteiger partial charge in [-0.05, 0) is 43.3 Å². The first-order valence-electron chi connectivity index (χ1n) is 11.3. The van der Waals surface area contributed by atoms with Gasteiger partial charge in [0.05, 0.1) is 35.0 Å². The van der Waals surface area contributed by atoms with E-state index in [1.165, 1.54) is 36.4 Å². The summed E-state index contributed by atoms with van der Waals surface area (Å²) in [5, 5.41) is 1.15. The van der Waals surface area contributed by atoms with Crippen LogP contribution in [0.25, 0.3) is 0 Å². The first-order valence-corrected chi connectivity index (χ1v) is 12.8. The van der Waals surface area contributed by atoms with Crippen LogP contribution in [-0.4, -0.2) is 23.6 Å². The van der Waals surface area contributed by atoms with Crippen molar-refractivity contribution in [2.24, 2.45) is 35.0 Å². The minimum Gasteiger partial charge on any atom is -0.274 e. The van der Waals surface area contributed by atoms with Crippen LogP contribution < -0.4 is 9.80 Å². The third-order valence-electron chi connectivity index (χ3n) is 8.09. The molecule has 2 aromatic carbocycles. The summed E-state index contributed by atoms with van der Waals surface area (Å²) in [5.74, 6) is -5.49. The number of hydrogen-bond acceptors (Lipinski definition) is 4. The molecule has 0 aromatic heterocycles. The van der Waals surface area contributed by atoms with Gasteiger partial charge in [-0.2, -0.15) is 0 Å². The normalized spacial score (nSPS) is 32.8. The molecule has 2 aromatic rings. The van der Waals surface area contributed by atoms with E-state index < -0.39 is 58.6 Å². The molecule has 2 unspecified atom stereocenters. The molecule has 7 rings (SSSR count). The van der Waals surface area contributed by atoms with Crippen LogP contribution in [-0.2, 0) is 19.2 Å². The average molecular weight is 564 g/mol. The second-order valence-electron chi connectivity index (χ2n) is 10.1. The minimum absolute atomic E-state index is 0.274. The number of carbonyl (C=O) groups is 4. The van der Waals surface area contributed by atoms with Gasteiger partial charge in [0.1, 0.15) is 0 Å². The highest BCUT2D eigenvalue weighted by Gasteiger charge is 2.74. The number of anilines is 2. The van der Waals surface area contributed by atoms with Crippen LogP contribution in [0.1, 0.15) is 13.8 Å². The van der Waals surface area contributed by atoms with Crippen molar-refractivity contribution in [1.82, 2.24) is 0 Å². The van der Waals surface area contributed by atoms with Crippen molar-refractivity contribution in [2.45, 2.75) is 13.8 Å². The fourth-order valence-electron chi connectivity index (χ4n) is 7.01. The van der Waals surface area contributed by atoms with E-state index in [-0.39, 0.29) is 31.5 Å². The predicted molar refractivity (Wildman–Crippen MR) is 137 cm³/mol. The third kappa shape index (κ3) is 3.05. The molecule has 2 heterocycles. The summed E-state index contributed by atoms with van der Waals surface area (Å²) >= 11 is 24.6. The Morgan fingerprint density at radius 1 is 0.611 bits per heavy atom. The van der Waals surface area contributed by atoms with Gasteiger partial charge in [-0.25, -0.2) is 9.80 Å². The first-order chi connectivity index (χ1) is 16.9. The summed E-state index contributed by atoms with van der Waals surface area (Å²) < 4.78 is 0. The monoisotopic (exact) mass is 562 g/mol. The Morgan fingerprint density at radius 3 is 1.33 bits per heavy atom. The van der Waals surface area contributed by atoms with Crippen molar-refractivity contribution >= 4 is 81.4 Å². The lowest BCUT2D eigenvalue weighted by molar-refractivity contribution is -0.146. The van der Waals surface area contributed by atoms with Crippen LogP contribution in [0.4, 0.5) is 11.4 Å². The van der Waals surface area contributed by atoms with Crippen LogP contribution in [0.5, 0.6) is 0 Å². The van der Waals surface area contributed by atoms with Crippen molar-refractivity contribution in [3.05, 3.63) is 68.1 Å². The number of nitrogens with zero attached hydrogens (tertiary/aromatic N) is 2. The van der Waals surface area contributed by atoms with E-state index in [9.17, 15) is 19.2 Å². The summed E-state index contributed by atoms with van der Waals surface area (Å²) in [6.07, 6.45) is 1.90. The number of imide groups is 2. The zero-order chi connectivity index (χ0) is 25.8. The van der Waals surface area contributed by atoms with Gasteiger partial charge in [0.15, 0.2) is 0 Å². The van der Waals surface area contributed by atoms with E-state index in [0.29, 0.717) is 0 Å². The summed E-state index contributed by atoms with van der Waals surface area (Å²) in [4.78, 5) is 57.5. The maximum Gasteiger partial charge on any atom is 0.238 e. The summed E-state index contributed by atoms with van der Waals surface area (Å²) in [6.45, 7) is 3.64. The van der Waals surface area contributed by atoms with Gasteiger partial charge in [-0.15, -0.1) is 0 Å². The van der Waals surface area contributed by atoms with Crippen molar-refractivity contribution < 1.29 is 19.2 Å². The van der Waals surface area contributed by atoms with E-state index >= 15 is 0 Å². The molecule has 36 heavy (non-hydrogen) atoms. The topological polar surface area (TPSA) is 74.8 Å². The van der Waals surface area contributed by atoms with Crippen LogP contribution in [0.15, 0.2) is 48.0 Å². The van der Waals surface area contributed by atoms with Gasteiger partial charge in [0.25, 0.3) is 0 Å². The van der Waals surface area contributed by atoms with Crippen molar-refractivity contribution in [3.63, 3.8) is 0 Å². The second kappa shape index (κ2) is 7.81. The van der Waals surface area contributed by atoms with Crippen molar-refractivity contribution in [2.75, 3.05) is 9.80 Å². The molecular formula is C26H18Cl4N2O4. The molecular weight excluding hydrogens is 546 g/mol. The molecule has 1 saturated carbocycles. The molecule has 5 aliphatic rings. The van der Waals surface area contributed by atoms with Crippen molar-refractivity contribution in [1.29, 1.82) is 0 Å². The van der Waals surface area contributed by atoms with Gasteiger partial charge in [0, 0.05) is 31.4 Å². The highest BCUT2D eigenvalue weighted by molar-refractivity contribution is 6.37. The van der Waals surface area contributed by atoms with E-state index in [1.807, 2.05) is 13.0 Å². The number of carbonyl (C=O) groups excluding carboxylic acids is 4. The van der Waals surface area contributed by atoms with Gasteiger partial charge in [-0.1, -0.05) is 65.0 Å². The minimum atomic E-state index is -1.05. The van der Waals surface area contributed by atoms with Crippen molar-refractivity contribution in [3.8, 4) is 0 Å². The Morgan fingerprint density at radius 2 is 0.972 bits per heavy atom. The Kier molecular flexibility index (Phi) is 5.20. The van der Waals surface area contributed by atoms with Gasteiger partial charge in [0.2, 0.25) is 23.6 Å². The molecule has 6 atom stereocenters. The lowest BCUT2D eigenvalue weighted by atomic mass is 9.46. The molecule has 2 saturated heterocycles. The van der Waals surface area contributed by atoms with E-state index in [0.717, 1.165) is 15.4 Å². The van der Waals surface area contributed by atoms with E-state index in [1.54, 1.807) is 6.92 Å². The molecule has 4 amide bonds. The second-order valence-corrected chi connectivity index (χ2v) is 11.8. The van der Waals surface area contributed by atoms with Gasteiger partial charge in [-0.3, -0.25) is 19.2 Å². The molecule has 2 bridgehead atoms. The van der Waals surface area contributed by atoms with Crippen LogP contribution in [0.3, 0.4) is 0 Å². The van der Waals surface area contributed by atoms with Gasteiger partial charge < -0.3 is 0 Å². The maximum atomic E-state index is 13.8. The maximum absolute atomic E-state index is 13.8. The molecule has 6 nitrogen and oxygen atoms in total. The largest absolute Gasteiger partial charge is 0.274 e. The summed E-state index contributed by atoms with van der Waals surface area (Å²) in [6, 6.07) is 9.05. The Balaban J connectivity index is 1.48. The Hall–Kier alpha value is -2.38. The van der Waals surface area contributed by atoms with Crippen LogP contribution >= 0.6 is 46.4 Å². The highest BCUT2D eigenvalue weighted by atomic mass is 35.5. The average Bonchev–Trinajstić information content (AvgIpc) is 3.18. The lowest BCUT2D eigenvalue weighted by Crippen LogP contribution is -2.57. The standard InChI is InChI=1S/C26H18Cl4N2O4/c1-10-9-26(2)20-18(22(33)31(24(20)35)15-5-11(27)3-12(28)6-15)17(10)19-21(26)25(36)32(23(19)34)16-7-13(29)4-14(30)8-16/h3-9,17-21H,1-2H3/t17?,18-,19-,20-,21+,26?/m1/s1. The molecule has 3 aliphatic carbocycles. The molecule has 2 aliphatic heterocycles. The fraction of sp³-hybridized carbons (Fsp3) is 0.308. The van der Waals surface area contributed by atoms with Gasteiger partial charge >= 0.3 is 0 Å². The molecule has 0 radical (unpaired) electrons.